The van der Waals surface area contributed by atoms with E-state index in [9.17, 15) is 9.90 Å². The predicted molar refractivity (Wildman–Crippen MR) is 178 cm³/mol. The van der Waals surface area contributed by atoms with Crippen LogP contribution in [0.25, 0.3) is 11.0 Å². The number of halogens is 3. The first-order chi connectivity index (χ1) is 21.4. The van der Waals surface area contributed by atoms with E-state index in [0.717, 1.165) is 47.1 Å². The molecule has 2 fully saturated rings. The van der Waals surface area contributed by atoms with E-state index in [1.165, 1.54) is 40.9 Å². The lowest BCUT2D eigenvalue weighted by Gasteiger charge is -2.34. The molecule has 2 heterocycles. The zero-order chi connectivity index (χ0) is 30.4. The van der Waals surface area contributed by atoms with E-state index in [4.69, 9.17) is 39.8 Å². The standard InChI is InChI=1S/C36H32Cl3N3O2/c37-27-11-6-22(7-12-27)33(23-8-13-28(38)14-9-23)25-10-15-31-32(20-25)42(35(40-31)24-4-5-24)29-16-18-41(19-17-29)21-26-2-1-3-30(34(26)39)36(43)44/h1-3,6-15,20,24,29,33H,4-5,16-19,21H2,(H,43,44). The highest BCUT2D eigenvalue weighted by atomic mass is 35.5. The van der Waals surface area contributed by atoms with Gasteiger partial charge in [0.15, 0.2) is 0 Å². The van der Waals surface area contributed by atoms with Crippen molar-refractivity contribution in [3.63, 3.8) is 0 Å². The van der Waals surface area contributed by atoms with E-state index in [1.54, 1.807) is 12.1 Å². The highest BCUT2D eigenvalue weighted by Gasteiger charge is 2.33. The van der Waals surface area contributed by atoms with Gasteiger partial charge in [-0.05, 0) is 90.4 Å². The zero-order valence-electron chi connectivity index (χ0n) is 24.1. The molecule has 1 saturated carbocycles. The van der Waals surface area contributed by atoms with Gasteiger partial charge in [0.2, 0.25) is 0 Å². The number of fused-ring (bicyclic) bond motifs is 1. The Kier molecular flexibility index (Phi) is 8.15. The fourth-order valence-corrected chi connectivity index (χ4v) is 7.17. The van der Waals surface area contributed by atoms with E-state index in [1.807, 2.05) is 30.3 Å². The van der Waals surface area contributed by atoms with Gasteiger partial charge >= 0.3 is 5.97 Å². The molecule has 0 spiro atoms. The average Bonchev–Trinajstić information content (AvgIpc) is 3.81. The topological polar surface area (TPSA) is 58.4 Å². The zero-order valence-corrected chi connectivity index (χ0v) is 26.4. The number of benzene rings is 4. The minimum absolute atomic E-state index is 0.0230. The summed E-state index contributed by atoms with van der Waals surface area (Å²) in [6.07, 6.45) is 4.35. The third-order valence-corrected chi connectivity index (χ3v) is 10.00. The molecule has 2 aliphatic rings. The summed E-state index contributed by atoms with van der Waals surface area (Å²) in [7, 11) is 0. The number of piperidine rings is 1. The summed E-state index contributed by atoms with van der Waals surface area (Å²) in [6, 6.07) is 28.5. The van der Waals surface area contributed by atoms with Crippen molar-refractivity contribution in [1.29, 1.82) is 0 Å². The molecule has 0 atom stereocenters. The number of nitrogens with zero attached hydrogens (tertiary/aromatic N) is 3. The maximum Gasteiger partial charge on any atom is 0.337 e. The molecular formula is C36H32Cl3N3O2. The number of imidazole rings is 1. The largest absolute Gasteiger partial charge is 0.478 e. The minimum Gasteiger partial charge on any atom is -0.478 e. The van der Waals surface area contributed by atoms with Crippen LogP contribution in [0, 0.1) is 0 Å². The number of hydrogen-bond acceptors (Lipinski definition) is 3. The van der Waals surface area contributed by atoms with Crippen LogP contribution in [0.3, 0.4) is 0 Å². The van der Waals surface area contributed by atoms with Gasteiger partial charge in [-0.2, -0.15) is 0 Å². The number of rotatable bonds is 8. The van der Waals surface area contributed by atoms with Gasteiger partial charge in [0.25, 0.3) is 0 Å². The van der Waals surface area contributed by atoms with E-state index in [2.05, 4.69) is 51.9 Å². The van der Waals surface area contributed by atoms with Crippen molar-refractivity contribution < 1.29 is 9.90 Å². The normalized spacial score (nSPS) is 16.2. The third-order valence-electron chi connectivity index (χ3n) is 9.05. The molecule has 44 heavy (non-hydrogen) atoms. The van der Waals surface area contributed by atoms with Crippen LogP contribution in [-0.2, 0) is 6.54 Å². The van der Waals surface area contributed by atoms with Crippen LogP contribution >= 0.6 is 34.8 Å². The Morgan fingerprint density at radius 3 is 2.02 bits per heavy atom. The van der Waals surface area contributed by atoms with Gasteiger partial charge in [-0.1, -0.05) is 77.3 Å². The van der Waals surface area contributed by atoms with E-state index < -0.39 is 5.97 Å². The first-order valence-corrected chi connectivity index (χ1v) is 16.2. The summed E-state index contributed by atoms with van der Waals surface area (Å²) in [5, 5.41) is 11.3. The molecule has 0 unspecified atom stereocenters. The Labute approximate surface area is 272 Å². The quantitative estimate of drug-likeness (QED) is 0.171. The molecule has 0 amide bonds. The van der Waals surface area contributed by atoms with E-state index >= 15 is 0 Å². The number of likely N-dealkylation sites (tertiary alicyclic amines) is 1. The number of hydrogen-bond donors (Lipinski definition) is 1. The summed E-state index contributed by atoms with van der Waals surface area (Å²) in [4.78, 5) is 19.1. The van der Waals surface area contributed by atoms with Crippen molar-refractivity contribution in [1.82, 2.24) is 14.5 Å². The van der Waals surface area contributed by atoms with Crippen molar-refractivity contribution >= 4 is 51.8 Å². The van der Waals surface area contributed by atoms with Crippen LogP contribution in [0.4, 0.5) is 0 Å². The lowest BCUT2D eigenvalue weighted by atomic mass is 9.85. The molecule has 1 N–H and O–H groups in total. The van der Waals surface area contributed by atoms with Gasteiger partial charge in [-0.25, -0.2) is 9.78 Å². The molecule has 5 nitrogen and oxygen atoms in total. The highest BCUT2D eigenvalue weighted by Crippen LogP contribution is 2.44. The molecule has 0 radical (unpaired) electrons. The Bertz CT molecular complexity index is 1780. The molecular weight excluding hydrogens is 613 g/mol. The number of carboxylic acid groups (broad SMARTS) is 1. The number of aromatic carboxylic acids is 1. The maximum absolute atomic E-state index is 11.6. The van der Waals surface area contributed by atoms with Gasteiger partial charge in [-0.15, -0.1) is 0 Å². The first-order valence-electron chi connectivity index (χ1n) is 15.1. The second kappa shape index (κ2) is 12.2. The SMILES string of the molecule is O=C(O)c1cccc(CN2CCC(n3c(C4CC4)nc4ccc(C(c5ccc(Cl)cc5)c5ccc(Cl)cc5)cc43)CC2)c1Cl. The monoisotopic (exact) mass is 643 g/mol. The van der Waals surface area contributed by atoms with Crippen LogP contribution in [0.1, 0.15) is 82.0 Å². The van der Waals surface area contributed by atoms with Crippen LogP contribution in [0.5, 0.6) is 0 Å². The van der Waals surface area contributed by atoms with Crippen molar-refractivity contribution in [2.45, 2.75) is 50.1 Å². The first kappa shape index (κ1) is 29.4. The summed E-state index contributed by atoms with van der Waals surface area (Å²) in [6.45, 7) is 2.45. The maximum atomic E-state index is 11.6. The lowest BCUT2D eigenvalue weighted by Crippen LogP contribution is -2.34. The second-order valence-electron chi connectivity index (χ2n) is 12.0. The summed E-state index contributed by atoms with van der Waals surface area (Å²) >= 11 is 19.0. The van der Waals surface area contributed by atoms with E-state index in [0.29, 0.717) is 23.5 Å². The molecule has 5 aromatic rings. The van der Waals surface area contributed by atoms with Crippen LogP contribution < -0.4 is 0 Å². The molecule has 1 saturated heterocycles. The van der Waals surface area contributed by atoms with Crippen molar-refractivity contribution in [3.8, 4) is 0 Å². The fourth-order valence-electron chi connectivity index (χ4n) is 6.65. The predicted octanol–water partition coefficient (Wildman–Crippen LogP) is 9.59. The van der Waals surface area contributed by atoms with Crippen molar-refractivity contribution in [2.75, 3.05) is 13.1 Å². The molecule has 224 valence electrons. The van der Waals surface area contributed by atoms with Crippen molar-refractivity contribution in [2.24, 2.45) is 0 Å². The Hall–Kier alpha value is -3.35. The molecule has 4 aromatic carbocycles. The number of aromatic nitrogens is 2. The van der Waals surface area contributed by atoms with Crippen LogP contribution in [0.2, 0.25) is 15.1 Å². The number of carbonyl (C=O) groups is 1. The molecule has 7 rings (SSSR count). The molecule has 1 aromatic heterocycles. The Balaban J connectivity index is 1.21. The smallest absolute Gasteiger partial charge is 0.337 e. The van der Waals surface area contributed by atoms with Gasteiger partial charge in [0, 0.05) is 47.6 Å². The van der Waals surface area contributed by atoms with E-state index in [-0.39, 0.29) is 11.5 Å². The molecule has 0 bridgehead atoms. The molecule has 1 aliphatic carbocycles. The fraction of sp³-hybridized carbons (Fsp3) is 0.278. The highest BCUT2D eigenvalue weighted by molar-refractivity contribution is 6.34. The van der Waals surface area contributed by atoms with Gasteiger partial charge in [0.1, 0.15) is 5.82 Å². The van der Waals surface area contributed by atoms with Crippen LogP contribution in [0.15, 0.2) is 84.9 Å². The Morgan fingerprint density at radius 2 is 1.43 bits per heavy atom. The minimum atomic E-state index is -0.996. The second-order valence-corrected chi connectivity index (χ2v) is 13.2. The van der Waals surface area contributed by atoms with Crippen molar-refractivity contribution in [3.05, 3.63) is 134 Å². The molecule has 1 aliphatic heterocycles. The Morgan fingerprint density at radius 1 is 0.818 bits per heavy atom. The van der Waals surface area contributed by atoms with Gasteiger partial charge in [-0.3, -0.25) is 4.90 Å². The third kappa shape index (κ3) is 5.87. The van der Waals surface area contributed by atoms with Gasteiger partial charge in [0.05, 0.1) is 21.6 Å². The average molecular weight is 645 g/mol. The lowest BCUT2D eigenvalue weighted by molar-refractivity contribution is 0.0697. The van der Waals surface area contributed by atoms with Gasteiger partial charge < -0.3 is 9.67 Å². The summed E-state index contributed by atoms with van der Waals surface area (Å²) in [5.74, 6) is 0.755. The molecule has 8 heteroatoms. The summed E-state index contributed by atoms with van der Waals surface area (Å²) in [5.41, 5.74) is 6.79. The number of carboxylic acids is 1. The summed E-state index contributed by atoms with van der Waals surface area (Å²) < 4.78 is 2.53. The van der Waals surface area contributed by atoms with Crippen LogP contribution in [-0.4, -0.2) is 38.6 Å².